The Morgan fingerprint density at radius 3 is 2.95 bits per heavy atom. The molecule has 1 aliphatic rings. The molecule has 0 unspecified atom stereocenters. The molecule has 106 valence electrons. The number of hydrogen-bond acceptors (Lipinski definition) is 5. The molecule has 1 saturated carbocycles. The van der Waals surface area contributed by atoms with E-state index in [0.717, 1.165) is 28.5 Å². The van der Waals surface area contributed by atoms with Crippen LogP contribution in [-0.2, 0) is 0 Å². The second-order valence-corrected chi connectivity index (χ2v) is 6.10. The minimum atomic E-state index is -0.138. The van der Waals surface area contributed by atoms with Crippen molar-refractivity contribution in [3.63, 3.8) is 0 Å². The SMILES string of the molecule is Nc1ccc(Sc2n[nH]c(=O)n2C2CC2)c2ccncc12. The molecule has 7 heteroatoms. The summed E-state index contributed by atoms with van der Waals surface area (Å²) in [6.07, 6.45) is 5.58. The van der Waals surface area contributed by atoms with E-state index in [1.807, 2.05) is 18.2 Å². The number of nitrogens with zero attached hydrogens (tertiary/aromatic N) is 3. The third-order valence-electron chi connectivity index (χ3n) is 3.60. The number of hydrogen-bond donors (Lipinski definition) is 2. The van der Waals surface area contributed by atoms with Gasteiger partial charge in [0.2, 0.25) is 0 Å². The largest absolute Gasteiger partial charge is 0.398 e. The molecule has 21 heavy (non-hydrogen) atoms. The van der Waals surface area contributed by atoms with Gasteiger partial charge in [-0.3, -0.25) is 9.55 Å². The Morgan fingerprint density at radius 1 is 1.29 bits per heavy atom. The van der Waals surface area contributed by atoms with E-state index in [-0.39, 0.29) is 5.69 Å². The van der Waals surface area contributed by atoms with Crippen LogP contribution < -0.4 is 11.4 Å². The van der Waals surface area contributed by atoms with Gasteiger partial charge in [0.1, 0.15) is 0 Å². The summed E-state index contributed by atoms with van der Waals surface area (Å²) in [5.74, 6) is 0. The molecule has 0 aliphatic heterocycles. The van der Waals surface area contributed by atoms with Crippen molar-refractivity contribution in [1.82, 2.24) is 19.7 Å². The lowest BCUT2D eigenvalue weighted by atomic mass is 10.1. The van der Waals surface area contributed by atoms with Gasteiger partial charge in [0.25, 0.3) is 0 Å². The lowest BCUT2D eigenvalue weighted by Gasteiger charge is -2.08. The van der Waals surface area contributed by atoms with Crippen molar-refractivity contribution in [1.29, 1.82) is 0 Å². The van der Waals surface area contributed by atoms with E-state index in [2.05, 4.69) is 15.2 Å². The van der Waals surface area contributed by atoms with Crippen LogP contribution in [0.4, 0.5) is 5.69 Å². The third-order valence-corrected chi connectivity index (χ3v) is 4.64. The molecule has 2 heterocycles. The molecule has 1 aliphatic carbocycles. The number of pyridine rings is 1. The molecule has 1 aromatic carbocycles. The van der Waals surface area contributed by atoms with Gasteiger partial charge >= 0.3 is 5.69 Å². The summed E-state index contributed by atoms with van der Waals surface area (Å²) in [7, 11) is 0. The van der Waals surface area contributed by atoms with Gasteiger partial charge in [-0.25, -0.2) is 9.89 Å². The summed E-state index contributed by atoms with van der Waals surface area (Å²) >= 11 is 1.48. The number of nitrogens with one attached hydrogen (secondary N) is 1. The van der Waals surface area contributed by atoms with Crippen LogP contribution in [0.2, 0.25) is 0 Å². The first kappa shape index (κ1) is 12.5. The van der Waals surface area contributed by atoms with Crippen molar-refractivity contribution in [3.8, 4) is 0 Å². The number of nitrogen functional groups attached to an aromatic ring is 1. The minimum absolute atomic E-state index is 0.138. The highest BCUT2D eigenvalue weighted by molar-refractivity contribution is 7.99. The standard InChI is InChI=1S/C14H13N5OS/c15-11-3-4-12(9-5-6-16-7-10(9)11)21-14-18-17-13(20)19(14)8-1-2-8/h3-8H,1-2,15H2,(H,17,20). The summed E-state index contributed by atoms with van der Waals surface area (Å²) in [4.78, 5) is 17.0. The van der Waals surface area contributed by atoms with Gasteiger partial charge in [-0.15, -0.1) is 5.10 Å². The number of fused-ring (bicyclic) bond motifs is 1. The maximum Gasteiger partial charge on any atom is 0.344 e. The first-order valence-corrected chi connectivity index (χ1v) is 7.52. The molecule has 0 amide bonds. The number of rotatable bonds is 3. The van der Waals surface area contributed by atoms with E-state index in [4.69, 9.17) is 5.73 Å². The summed E-state index contributed by atoms with van der Waals surface area (Å²) in [6.45, 7) is 0. The normalized spacial score (nSPS) is 14.7. The molecular formula is C14H13N5OS. The Balaban J connectivity index is 1.82. The Kier molecular flexibility index (Phi) is 2.75. The number of aromatic amines is 1. The van der Waals surface area contributed by atoms with Gasteiger partial charge in [0.15, 0.2) is 5.16 Å². The van der Waals surface area contributed by atoms with E-state index >= 15 is 0 Å². The number of H-pyrrole nitrogens is 1. The molecular weight excluding hydrogens is 286 g/mol. The highest BCUT2D eigenvalue weighted by Crippen LogP contribution is 2.39. The Bertz CT molecular complexity index is 880. The number of benzene rings is 1. The van der Waals surface area contributed by atoms with Crippen LogP contribution in [0, 0.1) is 0 Å². The van der Waals surface area contributed by atoms with Crippen molar-refractivity contribution in [2.45, 2.75) is 28.9 Å². The molecule has 0 spiro atoms. The van der Waals surface area contributed by atoms with Crippen molar-refractivity contribution >= 4 is 28.2 Å². The second-order valence-electron chi connectivity index (χ2n) is 5.09. The van der Waals surface area contributed by atoms with Gasteiger partial charge in [-0.1, -0.05) is 0 Å². The number of aromatic nitrogens is 4. The van der Waals surface area contributed by atoms with Crippen LogP contribution in [0.15, 0.2) is 45.4 Å². The average Bonchev–Trinajstić information content (AvgIpc) is 3.27. The summed E-state index contributed by atoms with van der Waals surface area (Å²) in [5.41, 5.74) is 6.55. The number of anilines is 1. The fourth-order valence-corrected chi connectivity index (χ4v) is 3.43. The monoisotopic (exact) mass is 299 g/mol. The average molecular weight is 299 g/mol. The molecule has 2 aromatic heterocycles. The smallest absolute Gasteiger partial charge is 0.344 e. The zero-order valence-electron chi connectivity index (χ0n) is 11.1. The fraction of sp³-hybridized carbons (Fsp3) is 0.214. The Labute approximate surface area is 124 Å². The van der Waals surface area contributed by atoms with Crippen LogP contribution in [-0.4, -0.2) is 19.7 Å². The Morgan fingerprint density at radius 2 is 2.14 bits per heavy atom. The Hall–Kier alpha value is -2.28. The van der Waals surface area contributed by atoms with Crippen LogP contribution in [0.5, 0.6) is 0 Å². The van der Waals surface area contributed by atoms with Crippen LogP contribution in [0.1, 0.15) is 18.9 Å². The first-order chi connectivity index (χ1) is 10.2. The van der Waals surface area contributed by atoms with Crippen molar-refractivity contribution in [2.24, 2.45) is 0 Å². The summed E-state index contributed by atoms with van der Waals surface area (Å²) in [6, 6.07) is 6.04. The van der Waals surface area contributed by atoms with E-state index in [9.17, 15) is 4.79 Å². The van der Waals surface area contributed by atoms with E-state index in [1.54, 1.807) is 17.0 Å². The highest BCUT2D eigenvalue weighted by atomic mass is 32.2. The van der Waals surface area contributed by atoms with Crippen molar-refractivity contribution < 1.29 is 0 Å². The molecule has 0 bridgehead atoms. The highest BCUT2D eigenvalue weighted by Gasteiger charge is 2.28. The van der Waals surface area contributed by atoms with E-state index in [0.29, 0.717) is 16.9 Å². The quantitative estimate of drug-likeness (QED) is 0.724. The molecule has 0 saturated heterocycles. The van der Waals surface area contributed by atoms with Gasteiger partial charge in [0.05, 0.1) is 0 Å². The molecule has 0 radical (unpaired) electrons. The van der Waals surface area contributed by atoms with Crippen molar-refractivity contribution in [2.75, 3.05) is 5.73 Å². The molecule has 4 rings (SSSR count). The van der Waals surface area contributed by atoms with E-state index in [1.165, 1.54) is 11.8 Å². The molecule has 6 nitrogen and oxygen atoms in total. The summed E-state index contributed by atoms with van der Waals surface area (Å²) in [5, 5.41) is 9.32. The minimum Gasteiger partial charge on any atom is -0.398 e. The fourth-order valence-electron chi connectivity index (χ4n) is 2.39. The van der Waals surface area contributed by atoms with Crippen LogP contribution in [0.25, 0.3) is 10.8 Å². The molecule has 3 N–H and O–H groups in total. The maximum atomic E-state index is 11.8. The predicted octanol–water partition coefficient (Wildman–Crippen LogP) is 2.19. The maximum absolute atomic E-state index is 11.8. The van der Waals surface area contributed by atoms with Crippen LogP contribution >= 0.6 is 11.8 Å². The lowest BCUT2D eigenvalue weighted by molar-refractivity contribution is 0.642. The molecule has 0 atom stereocenters. The van der Waals surface area contributed by atoms with E-state index < -0.39 is 0 Å². The van der Waals surface area contributed by atoms with Crippen LogP contribution in [0.3, 0.4) is 0 Å². The van der Waals surface area contributed by atoms with Gasteiger partial charge < -0.3 is 5.73 Å². The van der Waals surface area contributed by atoms with Gasteiger partial charge in [0, 0.05) is 39.8 Å². The first-order valence-electron chi connectivity index (χ1n) is 6.71. The van der Waals surface area contributed by atoms with Gasteiger partial charge in [-0.05, 0) is 42.8 Å². The lowest BCUT2D eigenvalue weighted by Crippen LogP contribution is -2.16. The zero-order chi connectivity index (χ0) is 14.4. The van der Waals surface area contributed by atoms with Gasteiger partial charge in [-0.2, -0.15) is 0 Å². The summed E-state index contributed by atoms with van der Waals surface area (Å²) < 4.78 is 1.74. The zero-order valence-corrected chi connectivity index (χ0v) is 11.9. The van der Waals surface area contributed by atoms with Crippen molar-refractivity contribution in [3.05, 3.63) is 41.1 Å². The molecule has 1 fully saturated rings. The third kappa shape index (κ3) is 2.09. The second kappa shape index (κ2) is 4.63. The predicted molar refractivity (Wildman–Crippen MR) is 81.4 cm³/mol. The number of nitrogens with two attached hydrogens (primary N) is 1. The topological polar surface area (TPSA) is 89.6 Å². The molecule has 3 aromatic rings.